The Hall–Kier alpha value is -4.20. The standard InChI is InChI=1S/C25H25N7O/c1-2-19(18-11-13-27-14-12-18)32-23(20-9-6-16-33-20)29-21-22(26)30-25(31-24(21)32)28-15-10-17-7-4-3-5-8-17/h3-9,11-14,16,19H,2,10,15H2,1H3,(H3,26,28,30,31). The van der Waals surface area contributed by atoms with Gasteiger partial charge in [0, 0.05) is 18.9 Å². The molecule has 0 aliphatic carbocycles. The molecule has 1 atom stereocenters. The molecule has 0 bridgehead atoms. The van der Waals surface area contributed by atoms with Gasteiger partial charge in [0.25, 0.3) is 0 Å². The Balaban J connectivity index is 1.57. The van der Waals surface area contributed by atoms with Crippen molar-refractivity contribution < 1.29 is 4.42 Å². The van der Waals surface area contributed by atoms with Crippen LogP contribution in [-0.2, 0) is 6.42 Å². The van der Waals surface area contributed by atoms with Gasteiger partial charge in [0.2, 0.25) is 5.95 Å². The van der Waals surface area contributed by atoms with Gasteiger partial charge >= 0.3 is 0 Å². The summed E-state index contributed by atoms with van der Waals surface area (Å²) >= 11 is 0. The van der Waals surface area contributed by atoms with E-state index in [1.807, 2.05) is 42.5 Å². The van der Waals surface area contributed by atoms with Gasteiger partial charge in [0.1, 0.15) is 0 Å². The van der Waals surface area contributed by atoms with Crippen LogP contribution in [0.5, 0.6) is 0 Å². The number of nitrogens with two attached hydrogens (primary N) is 1. The van der Waals surface area contributed by atoms with E-state index in [9.17, 15) is 0 Å². The summed E-state index contributed by atoms with van der Waals surface area (Å²) < 4.78 is 7.79. The van der Waals surface area contributed by atoms with Crippen LogP contribution in [0.25, 0.3) is 22.7 Å². The number of benzene rings is 1. The third-order valence-electron chi connectivity index (χ3n) is 5.64. The highest BCUT2D eigenvalue weighted by molar-refractivity contribution is 5.86. The molecule has 33 heavy (non-hydrogen) atoms. The Morgan fingerprint density at radius 1 is 1.00 bits per heavy atom. The molecule has 8 nitrogen and oxygen atoms in total. The Morgan fingerprint density at radius 3 is 2.55 bits per heavy atom. The molecule has 4 aromatic heterocycles. The summed E-state index contributed by atoms with van der Waals surface area (Å²) in [5.41, 5.74) is 9.92. The molecule has 0 aliphatic rings. The average molecular weight is 440 g/mol. The third kappa shape index (κ3) is 4.15. The van der Waals surface area contributed by atoms with E-state index in [0.29, 0.717) is 41.1 Å². The quantitative estimate of drug-likeness (QED) is 0.360. The molecule has 3 N–H and O–H groups in total. The first kappa shape index (κ1) is 20.7. The number of furan rings is 1. The van der Waals surface area contributed by atoms with Crippen LogP contribution in [0.1, 0.15) is 30.5 Å². The van der Waals surface area contributed by atoms with Gasteiger partial charge < -0.3 is 15.5 Å². The minimum atomic E-state index is -0.0235. The van der Waals surface area contributed by atoms with Crippen molar-refractivity contribution in [1.82, 2.24) is 24.5 Å². The van der Waals surface area contributed by atoms with Gasteiger partial charge in [-0.25, -0.2) is 4.98 Å². The number of pyridine rings is 1. The van der Waals surface area contributed by atoms with E-state index in [1.54, 1.807) is 18.7 Å². The molecule has 0 aliphatic heterocycles. The molecule has 0 fully saturated rings. The first-order chi connectivity index (χ1) is 16.2. The first-order valence-electron chi connectivity index (χ1n) is 11.0. The Morgan fingerprint density at radius 2 is 1.82 bits per heavy atom. The van der Waals surface area contributed by atoms with Gasteiger partial charge in [-0.2, -0.15) is 9.97 Å². The summed E-state index contributed by atoms with van der Waals surface area (Å²) in [6, 6.07) is 18.0. The van der Waals surface area contributed by atoms with Gasteiger partial charge in [-0.1, -0.05) is 37.3 Å². The molecule has 5 aromatic rings. The number of nitrogen functional groups attached to an aromatic ring is 1. The van der Waals surface area contributed by atoms with E-state index < -0.39 is 0 Å². The zero-order valence-corrected chi connectivity index (χ0v) is 18.3. The van der Waals surface area contributed by atoms with E-state index in [-0.39, 0.29) is 6.04 Å². The number of rotatable bonds is 8. The lowest BCUT2D eigenvalue weighted by Gasteiger charge is -2.20. The predicted octanol–water partition coefficient (Wildman–Crippen LogP) is 4.72. The number of fused-ring (bicyclic) bond motifs is 1. The van der Waals surface area contributed by atoms with E-state index in [2.05, 4.69) is 38.9 Å². The largest absolute Gasteiger partial charge is 0.461 e. The Bertz CT molecular complexity index is 1330. The maximum absolute atomic E-state index is 6.35. The Labute approximate surface area is 191 Å². The lowest BCUT2D eigenvalue weighted by atomic mass is 10.1. The maximum Gasteiger partial charge on any atom is 0.226 e. The third-order valence-corrected chi connectivity index (χ3v) is 5.64. The predicted molar refractivity (Wildman–Crippen MR) is 129 cm³/mol. The molecule has 0 radical (unpaired) electrons. The van der Waals surface area contributed by atoms with Crippen molar-refractivity contribution in [2.24, 2.45) is 0 Å². The number of nitrogens with one attached hydrogen (secondary N) is 1. The molecular formula is C25H25N7O. The van der Waals surface area contributed by atoms with Crippen LogP contribution in [0.4, 0.5) is 11.8 Å². The van der Waals surface area contributed by atoms with E-state index >= 15 is 0 Å². The van der Waals surface area contributed by atoms with Crippen molar-refractivity contribution >= 4 is 22.9 Å². The van der Waals surface area contributed by atoms with E-state index in [4.69, 9.17) is 20.1 Å². The fraction of sp³-hybridized carbons (Fsp3) is 0.200. The fourth-order valence-corrected chi connectivity index (χ4v) is 4.07. The van der Waals surface area contributed by atoms with Crippen LogP contribution in [0.15, 0.2) is 77.7 Å². The summed E-state index contributed by atoms with van der Waals surface area (Å²) in [4.78, 5) is 18.3. The molecule has 5 rings (SSSR count). The normalized spacial score (nSPS) is 12.2. The van der Waals surface area contributed by atoms with Crippen LogP contribution >= 0.6 is 0 Å². The smallest absolute Gasteiger partial charge is 0.226 e. The van der Waals surface area contributed by atoms with Crippen molar-refractivity contribution in [3.05, 3.63) is 84.4 Å². The number of imidazole rings is 1. The van der Waals surface area contributed by atoms with Crippen LogP contribution in [0.3, 0.4) is 0 Å². The van der Waals surface area contributed by atoms with Crippen molar-refractivity contribution in [2.75, 3.05) is 17.6 Å². The highest BCUT2D eigenvalue weighted by Crippen LogP contribution is 2.34. The molecule has 8 heteroatoms. The van der Waals surface area contributed by atoms with Crippen LogP contribution in [0.2, 0.25) is 0 Å². The lowest BCUT2D eigenvalue weighted by molar-refractivity contribution is 0.545. The van der Waals surface area contributed by atoms with Gasteiger partial charge in [-0.3, -0.25) is 9.55 Å². The topological polar surface area (TPSA) is 108 Å². The van der Waals surface area contributed by atoms with Crippen molar-refractivity contribution in [3.63, 3.8) is 0 Å². The molecule has 166 valence electrons. The first-order valence-corrected chi connectivity index (χ1v) is 11.0. The highest BCUT2D eigenvalue weighted by atomic mass is 16.3. The number of hydrogen-bond acceptors (Lipinski definition) is 7. The molecular weight excluding hydrogens is 414 g/mol. The molecule has 0 saturated heterocycles. The summed E-state index contributed by atoms with van der Waals surface area (Å²) in [6.07, 6.45) is 6.91. The summed E-state index contributed by atoms with van der Waals surface area (Å²) in [5, 5.41) is 3.32. The second-order valence-electron chi connectivity index (χ2n) is 7.75. The van der Waals surface area contributed by atoms with Gasteiger partial charge in [0.05, 0.1) is 12.3 Å². The SMILES string of the molecule is CCC(c1ccncc1)n1c(-c2ccco2)nc2c(N)nc(NCCc3ccccc3)nc21. The minimum Gasteiger partial charge on any atom is -0.461 e. The van der Waals surface area contributed by atoms with Crippen LogP contribution in [-0.4, -0.2) is 31.0 Å². The fourth-order valence-electron chi connectivity index (χ4n) is 4.07. The zero-order valence-electron chi connectivity index (χ0n) is 18.3. The minimum absolute atomic E-state index is 0.0235. The monoisotopic (exact) mass is 439 g/mol. The van der Waals surface area contributed by atoms with Crippen LogP contribution < -0.4 is 11.1 Å². The molecule has 0 saturated carbocycles. The second kappa shape index (κ2) is 9.12. The molecule has 0 amide bonds. The van der Waals surface area contributed by atoms with Gasteiger partial charge in [0.15, 0.2) is 28.6 Å². The average Bonchev–Trinajstić information content (AvgIpc) is 3.50. The molecule has 1 unspecified atom stereocenters. The second-order valence-corrected chi connectivity index (χ2v) is 7.75. The highest BCUT2D eigenvalue weighted by Gasteiger charge is 2.25. The summed E-state index contributed by atoms with van der Waals surface area (Å²) in [6.45, 7) is 2.82. The Kier molecular flexibility index (Phi) is 5.72. The maximum atomic E-state index is 6.35. The van der Waals surface area contributed by atoms with Gasteiger partial charge in [-0.15, -0.1) is 0 Å². The summed E-state index contributed by atoms with van der Waals surface area (Å²) in [5.74, 6) is 2.13. The molecule has 1 aromatic carbocycles. The number of hydrogen-bond donors (Lipinski definition) is 2. The lowest BCUT2D eigenvalue weighted by Crippen LogP contribution is -2.14. The van der Waals surface area contributed by atoms with E-state index in [0.717, 1.165) is 18.4 Å². The summed E-state index contributed by atoms with van der Waals surface area (Å²) in [7, 11) is 0. The van der Waals surface area contributed by atoms with Crippen molar-refractivity contribution in [1.29, 1.82) is 0 Å². The number of nitrogens with zero attached hydrogens (tertiary/aromatic N) is 5. The molecule has 0 spiro atoms. The van der Waals surface area contributed by atoms with Crippen molar-refractivity contribution in [3.8, 4) is 11.6 Å². The van der Waals surface area contributed by atoms with Crippen LogP contribution in [0, 0.1) is 0 Å². The molecule has 4 heterocycles. The number of aromatic nitrogens is 5. The number of anilines is 2. The zero-order chi connectivity index (χ0) is 22.6. The van der Waals surface area contributed by atoms with Gasteiger partial charge in [-0.05, 0) is 48.2 Å². The van der Waals surface area contributed by atoms with Crippen molar-refractivity contribution in [2.45, 2.75) is 25.8 Å². The van der Waals surface area contributed by atoms with E-state index in [1.165, 1.54) is 5.56 Å².